The molecular weight excluding hydrogens is 243 g/mol. The summed E-state index contributed by atoms with van der Waals surface area (Å²) < 4.78 is 38.5. The van der Waals surface area contributed by atoms with E-state index in [9.17, 15) is 18.0 Å². The third-order valence-electron chi connectivity index (χ3n) is 3.98. The quantitative estimate of drug-likeness (QED) is 0.699. The van der Waals surface area contributed by atoms with Crippen LogP contribution < -0.4 is 0 Å². The zero-order valence-electron chi connectivity index (χ0n) is 10.7. The van der Waals surface area contributed by atoms with Crippen molar-refractivity contribution < 1.29 is 18.0 Å². The topological polar surface area (TPSA) is 20.3 Å². The van der Waals surface area contributed by atoms with Gasteiger partial charge < -0.3 is 4.90 Å². The van der Waals surface area contributed by atoms with Gasteiger partial charge in [-0.25, -0.2) is 0 Å². The number of hydrogen-bond acceptors (Lipinski definition) is 1. The van der Waals surface area contributed by atoms with Crippen LogP contribution in [0.2, 0.25) is 0 Å². The van der Waals surface area contributed by atoms with Crippen molar-refractivity contribution in [2.45, 2.75) is 39.3 Å². The van der Waals surface area contributed by atoms with E-state index in [1.165, 1.54) is 10.5 Å². The van der Waals surface area contributed by atoms with Crippen molar-refractivity contribution in [2.24, 2.45) is 11.3 Å². The maximum Gasteiger partial charge on any atom is 0.403 e. The minimum Gasteiger partial charge on any atom is -0.338 e. The van der Waals surface area contributed by atoms with Gasteiger partial charge in [0, 0.05) is 13.1 Å². The van der Waals surface area contributed by atoms with Crippen LogP contribution in [0.4, 0.5) is 13.2 Å². The number of halogens is 3. The van der Waals surface area contributed by atoms with E-state index in [4.69, 9.17) is 0 Å². The molecule has 1 aliphatic carbocycles. The van der Waals surface area contributed by atoms with Crippen LogP contribution in [-0.2, 0) is 4.79 Å². The van der Waals surface area contributed by atoms with Gasteiger partial charge in [0.05, 0.1) is 0 Å². The summed E-state index contributed by atoms with van der Waals surface area (Å²) in [7, 11) is 0. The fourth-order valence-corrected chi connectivity index (χ4v) is 2.44. The largest absolute Gasteiger partial charge is 0.403 e. The molecule has 102 valence electrons. The van der Waals surface area contributed by atoms with Crippen molar-refractivity contribution in [3.8, 4) is 0 Å². The van der Waals surface area contributed by atoms with E-state index in [1.807, 2.05) is 6.08 Å². The van der Waals surface area contributed by atoms with E-state index >= 15 is 0 Å². The highest BCUT2D eigenvalue weighted by atomic mass is 19.4. The molecule has 0 radical (unpaired) electrons. The Bertz CT molecular complexity index is 380. The molecule has 0 aromatic heterocycles. The third kappa shape index (κ3) is 2.15. The average Bonchev–Trinajstić information content (AvgIpc) is 3.08. The predicted molar refractivity (Wildman–Crippen MR) is 61.8 cm³/mol. The van der Waals surface area contributed by atoms with Crippen LogP contribution in [0, 0.1) is 11.3 Å². The second-order valence-corrected chi connectivity index (χ2v) is 5.51. The Hall–Kier alpha value is -1.00. The molecule has 1 amide bonds. The van der Waals surface area contributed by atoms with Crippen LogP contribution in [0.15, 0.2) is 11.6 Å². The molecule has 1 aliphatic heterocycles. The molecule has 1 heterocycles. The molecule has 0 aromatic rings. The molecular formula is C13H18F3NO. The van der Waals surface area contributed by atoms with Crippen molar-refractivity contribution in [3.05, 3.63) is 11.6 Å². The van der Waals surface area contributed by atoms with E-state index in [0.717, 1.165) is 0 Å². The van der Waals surface area contributed by atoms with Crippen molar-refractivity contribution in [1.82, 2.24) is 4.90 Å². The van der Waals surface area contributed by atoms with E-state index in [-0.39, 0.29) is 12.8 Å². The van der Waals surface area contributed by atoms with E-state index in [1.54, 1.807) is 0 Å². The molecule has 0 aromatic carbocycles. The highest BCUT2D eigenvalue weighted by molar-refractivity contribution is 5.86. The van der Waals surface area contributed by atoms with Gasteiger partial charge in [0.15, 0.2) is 0 Å². The van der Waals surface area contributed by atoms with Gasteiger partial charge >= 0.3 is 6.18 Å². The van der Waals surface area contributed by atoms with Gasteiger partial charge in [-0.3, -0.25) is 4.79 Å². The summed E-state index contributed by atoms with van der Waals surface area (Å²) in [4.78, 5) is 13.3. The van der Waals surface area contributed by atoms with Crippen molar-refractivity contribution in [1.29, 1.82) is 0 Å². The third-order valence-corrected chi connectivity index (χ3v) is 3.98. The second kappa shape index (κ2) is 4.28. The van der Waals surface area contributed by atoms with Gasteiger partial charge in [-0.15, -0.1) is 0 Å². The first-order valence-corrected chi connectivity index (χ1v) is 6.33. The van der Waals surface area contributed by atoms with Gasteiger partial charge in [0.1, 0.15) is 5.41 Å². The summed E-state index contributed by atoms with van der Waals surface area (Å²) in [6.07, 6.45) is -1.90. The average molecular weight is 261 g/mol. The highest BCUT2D eigenvalue weighted by Gasteiger charge is 2.69. The molecule has 0 bridgehead atoms. The number of carbonyl (C=O) groups excluding carboxylic acids is 1. The molecule has 0 spiro atoms. The standard InChI is InChI=1S/C13H18F3NO/c1-9(2)10-3-7-17(8-4-10)11(18)12(5-6-12)13(14,15)16/h3,9H,4-8H2,1-2H3. The van der Waals surface area contributed by atoms with Gasteiger partial charge in [-0.05, 0) is 25.2 Å². The molecule has 0 atom stereocenters. The van der Waals surface area contributed by atoms with Crippen molar-refractivity contribution in [2.75, 3.05) is 13.1 Å². The Labute approximate surface area is 105 Å². The summed E-state index contributed by atoms with van der Waals surface area (Å²) in [5.74, 6) is -0.325. The number of hydrogen-bond donors (Lipinski definition) is 0. The Kier molecular flexibility index (Phi) is 3.19. The number of alkyl halides is 3. The SMILES string of the molecule is CC(C)C1=CCN(C(=O)C2(C(F)(F)F)CC2)CC1. The Morgan fingerprint density at radius 1 is 1.39 bits per heavy atom. The lowest BCUT2D eigenvalue weighted by Crippen LogP contribution is -2.45. The second-order valence-electron chi connectivity index (χ2n) is 5.51. The van der Waals surface area contributed by atoms with Gasteiger partial charge in [-0.1, -0.05) is 25.5 Å². The van der Waals surface area contributed by atoms with Crippen molar-refractivity contribution in [3.63, 3.8) is 0 Å². The van der Waals surface area contributed by atoms with Gasteiger partial charge in [0.2, 0.25) is 5.91 Å². The normalized spacial score (nSPS) is 23.0. The molecule has 1 saturated carbocycles. The van der Waals surface area contributed by atoms with Crippen LogP contribution in [0.3, 0.4) is 0 Å². The Morgan fingerprint density at radius 3 is 2.33 bits per heavy atom. The summed E-state index contributed by atoms with van der Waals surface area (Å²) in [6, 6.07) is 0. The predicted octanol–water partition coefficient (Wildman–Crippen LogP) is 3.14. The first kappa shape index (κ1) is 13.4. The number of amides is 1. The number of carbonyl (C=O) groups is 1. The van der Waals surface area contributed by atoms with Crippen LogP contribution >= 0.6 is 0 Å². The van der Waals surface area contributed by atoms with Crippen molar-refractivity contribution >= 4 is 5.91 Å². The van der Waals surface area contributed by atoms with Gasteiger partial charge in [-0.2, -0.15) is 13.2 Å². The maximum absolute atomic E-state index is 12.8. The van der Waals surface area contributed by atoms with E-state index in [0.29, 0.717) is 25.4 Å². The fourth-order valence-electron chi connectivity index (χ4n) is 2.44. The molecule has 0 unspecified atom stereocenters. The highest BCUT2D eigenvalue weighted by Crippen LogP contribution is 2.58. The first-order chi connectivity index (χ1) is 8.28. The number of rotatable bonds is 2. The zero-order chi connectivity index (χ0) is 13.6. The zero-order valence-corrected chi connectivity index (χ0v) is 10.7. The molecule has 2 nitrogen and oxygen atoms in total. The fraction of sp³-hybridized carbons (Fsp3) is 0.769. The van der Waals surface area contributed by atoms with Gasteiger partial charge in [0.25, 0.3) is 0 Å². The summed E-state index contributed by atoms with van der Waals surface area (Å²) in [5.41, 5.74) is -0.827. The van der Waals surface area contributed by atoms with Crippen LogP contribution in [-0.4, -0.2) is 30.1 Å². The lowest BCUT2D eigenvalue weighted by atomic mass is 9.95. The summed E-state index contributed by atoms with van der Waals surface area (Å²) in [6.45, 7) is 4.85. The molecule has 2 aliphatic rings. The number of nitrogens with zero attached hydrogens (tertiary/aromatic N) is 1. The smallest absolute Gasteiger partial charge is 0.338 e. The minimum atomic E-state index is -4.40. The lowest BCUT2D eigenvalue weighted by molar-refractivity contribution is -0.198. The molecule has 0 N–H and O–H groups in total. The maximum atomic E-state index is 12.8. The van der Waals surface area contributed by atoms with Crippen LogP contribution in [0.25, 0.3) is 0 Å². The Balaban J connectivity index is 2.05. The first-order valence-electron chi connectivity index (χ1n) is 6.33. The lowest BCUT2D eigenvalue weighted by Gasteiger charge is -2.31. The summed E-state index contributed by atoms with van der Waals surface area (Å²) >= 11 is 0. The van der Waals surface area contributed by atoms with Crippen LogP contribution in [0.5, 0.6) is 0 Å². The van der Waals surface area contributed by atoms with Crippen LogP contribution in [0.1, 0.15) is 33.1 Å². The molecule has 5 heteroatoms. The van der Waals surface area contributed by atoms with E-state index < -0.39 is 17.5 Å². The monoisotopic (exact) mass is 261 g/mol. The minimum absolute atomic E-state index is 0.0490. The molecule has 1 fully saturated rings. The summed E-state index contributed by atoms with van der Waals surface area (Å²) in [5, 5.41) is 0. The van der Waals surface area contributed by atoms with E-state index in [2.05, 4.69) is 13.8 Å². The molecule has 2 rings (SSSR count). The molecule has 0 saturated heterocycles. The molecule has 18 heavy (non-hydrogen) atoms. The Morgan fingerprint density at radius 2 is 2.00 bits per heavy atom.